The van der Waals surface area contributed by atoms with Crippen LogP contribution >= 0.6 is 15.9 Å². The van der Waals surface area contributed by atoms with E-state index >= 15 is 0 Å². The fourth-order valence-electron chi connectivity index (χ4n) is 2.48. The lowest BCUT2D eigenvalue weighted by atomic mass is 9.94. The number of H-pyrrole nitrogens is 1. The topological polar surface area (TPSA) is 40.7 Å². The van der Waals surface area contributed by atoms with E-state index in [-0.39, 0.29) is 0 Å². The SMILES string of the molecule is C[C@H]1CCNC(c2nc3ccc(Br)cc3[nH]2)C1. The number of aromatic nitrogens is 2. The van der Waals surface area contributed by atoms with Crippen LogP contribution in [0.4, 0.5) is 0 Å². The molecule has 2 aromatic rings. The molecule has 1 fully saturated rings. The highest BCUT2D eigenvalue weighted by Crippen LogP contribution is 2.27. The number of benzene rings is 1. The minimum absolute atomic E-state index is 0.380. The van der Waals surface area contributed by atoms with Crippen LogP contribution in [0.2, 0.25) is 0 Å². The lowest BCUT2D eigenvalue weighted by Gasteiger charge is -2.26. The maximum Gasteiger partial charge on any atom is 0.124 e. The largest absolute Gasteiger partial charge is 0.341 e. The van der Waals surface area contributed by atoms with E-state index in [0.29, 0.717) is 6.04 Å². The molecular weight excluding hydrogens is 278 g/mol. The number of hydrogen-bond donors (Lipinski definition) is 2. The zero-order valence-electron chi connectivity index (χ0n) is 9.83. The van der Waals surface area contributed by atoms with Gasteiger partial charge in [0.05, 0.1) is 17.1 Å². The van der Waals surface area contributed by atoms with E-state index in [0.717, 1.165) is 33.8 Å². The third-order valence-electron chi connectivity index (χ3n) is 3.46. The quantitative estimate of drug-likeness (QED) is 0.846. The van der Waals surface area contributed by atoms with E-state index in [4.69, 9.17) is 0 Å². The first-order valence-electron chi connectivity index (χ1n) is 6.11. The van der Waals surface area contributed by atoms with Crippen LogP contribution in [0, 0.1) is 5.92 Å². The Kier molecular flexibility index (Phi) is 2.92. The molecule has 0 amide bonds. The summed E-state index contributed by atoms with van der Waals surface area (Å²) in [4.78, 5) is 8.10. The average molecular weight is 294 g/mol. The second-order valence-electron chi connectivity index (χ2n) is 4.92. The first-order valence-corrected chi connectivity index (χ1v) is 6.90. The summed E-state index contributed by atoms with van der Waals surface area (Å²) in [6.45, 7) is 3.40. The van der Waals surface area contributed by atoms with Gasteiger partial charge in [-0.1, -0.05) is 22.9 Å². The molecule has 0 saturated carbocycles. The molecule has 1 aliphatic rings. The van der Waals surface area contributed by atoms with Crippen LogP contribution in [-0.4, -0.2) is 16.5 Å². The van der Waals surface area contributed by atoms with Crippen molar-refractivity contribution in [3.63, 3.8) is 0 Å². The van der Waals surface area contributed by atoms with E-state index < -0.39 is 0 Å². The van der Waals surface area contributed by atoms with Crippen molar-refractivity contribution >= 4 is 27.0 Å². The fourth-order valence-corrected chi connectivity index (χ4v) is 2.84. The third kappa shape index (κ3) is 2.24. The number of fused-ring (bicyclic) bond motifs is 1. The molecule has 1 unspecified atom stereocenters. The van der Waals surface area contributed by atoms with Crippen LogP contribution < -0.4 is 5.32 Å². The van der Waals surface area contributed by atoms with E-state index in [2.05, 4.69) is 44.2 Å². The molecule has 2 heterocycles. The van der Waals surface area contributed by atoms with E-state index in [1.54, 1.807) is 0 Å². The molecule has 2 atom stereocenters. The Bertz CT molecular complexity index is 534. The second-order valence-corrected chi connectivity index (χ2v) is 5.84. The number of nitrogens with one attached hydrogen (secondary N) is 2. The van der Waals surface area contributed by atoms with Crippen LogP contribution in [0.5, 0.6) is 0 Å². The Morgan fingerprint density at radius 2 is 2.29 bits per heavy atom. The minimum atomic E-state index is 0.380. The van der Waals surface area contributed by atoms with Gasteiger partial charge in [0.25, 0.3) is 0 Å². The van der Waals surface area contributed by atoms with Crippen molar-refractivity contribution in [2.45, 2.75) is 25.8 Å². The average Bonchev–Trinajstić information content (AvgIpc) is 2.72. The predicted molar refractivity (Wildman–Crippen MR) is 72.9 cm³/mol. The van der Waals surface area contributed by atoms with Gasteiger partial charge in [-0.2, -0.15) is 0 Å². The van der Waals surface area contributed by atoms with Crippen molar-refractivity contribution in [1.29, 1.82) is 0 Å². The Labute approximate surface area is 109 Å². The summed E-state index contributed by atoms with van der Waals surface area (Å²) in [7, 11) is 0. The van der Waals surface area contributed by atoms with Gasteiger partial charge in [-0.15, -0.1) is 0 Å². The molecule has 0 aliphatic carbocycles. The monoisotopic (exact) mass is 293 g/mol. The molecule has 1 aromatic carbocycles. The van der Waals surface area contributed by atoms with Crippen LogP contribution in [0.15, 0.2) is 22.7 Å². The number of halogens is 1. The molecule has 4 heteroatoms. The molecule has 1 saturated heterocycles. The van der Waals surface area contributed by atoms with Crippen molar-refractivity contribution in [2.24, 2.45) is 5.92 Å². The van der Waals surface area contributed by atoms with Gasteiger partial charge in [0.15, 0.2) is 0 Å². The van der Waals surface area contributed by atoms with Crippen molar-refractivity contribution in [3.05, 3.63) is 28.5 Å². The lowest BCUT2D eigenvalue weighted by Crippen LogP contribution is -2.31. The summed E-state index contributed by atoms with van der Waals surface area (Å²) in [6, 6.07) is 6.54. The standard InChI is InChI=1S/C13H16BrN3/c1-8-4-5-15-12(6-8)13-16-10-3-2-9(14)7-11(10)17-13/h2-3,7-8,12,15H,4-6H2,1H3,(H,16,17)/t8-,12?/m0/s1. The number of rotatable bonds is 1. The molecule has 0 spiro atoms. The Morgan fingerprint density at radius 3 is 3.12 bits per heavy atom. The van der Waals surface area contributed by atoms with Crippen molar-refractivity contribution in [1.82, 2.24) is 15.3 Å². The molecule has 90 valence electrons. The molecule has 0 radical (unpaired) electrons. The smallest absolute Gasteiger partial charge is 0.124 e. The Morgan fingerprint density at radius 1 is 1.41 bits per heavy atom. The van der Waals surface area contributed by atoms with Crippen LogP contribution in [-0.2, 0) is 0 Å². The third-order valence-corrected chi connectivity index (χ3v) is 3.95. The maximum absolute atomic E-state index is 4.67. The molecule has 1 aromatic heterocycles. The molecule has 3 rings (SSSR count). The maximum atomic E-state index is 4.67. The van der Waals surface area contributed by atoms with Gasteiger partial charge < -0.3 is 10.3 Å². The summed E-state index contributed by atoms with van der Waals surface area (Å²) in [5, 5.41) is 3.54. The molecule has 2 N–H and O–H groups in total. The van der Waals surface area contributed by atoms with Crippen molar-refractivity contribution in [2.75, 3.05) is 6.54 Å². The minimum Gasteiger partial charge on any atom is -0.341 e. The van der Waals surface area contributed by atoms with Gasteiger partial charge >= 0.3 is 0 Å². The van der Waals surface area contributed by atoms with Crippen LogP contribution in [0.1, 0.15) is 31.6 Å². The number of piperidine rings is 1. The van der Waals surface area contributed by atoms with Crippen LogP contribution in [0.25, 0.3) is 11.0 Å². The molecule has 0 bridgehead atoms. The number of hydrogen-bond acceptors (Lipinski definition) is 2. The lowest BCUT2D eigenvalue weighted by molar-refractivity contribution is 0.317. The molecular formula is C13H16BrN3. The Hall–Kier alpha value is -0.870. The zero-order chi connectivity index (χ0) is 11.8. The zero-order valence-corrected chi connectivity index (χ0v) is 11.4. The van der Waals surface area contributed by atoms with Gasteiger partial charge in [-0.05, 0) is 43.5 Å². The summed E-state index contributed by atoms with van der Waals surface area (Å²) in [6.07, 6.45) is 2.43. The molecule has 1 aliphatic heterocycles. The van der Waals surface area contributed by atoms with Crippen molar-refractivity contribution in [3.8, 4) is 0 Å². The summed E-state index contributed by atoms with van der Waals surface area (Å²) in [5.41, 5.74) is 2.15. The highest BCUT2D eigenvalue weighted by Gasteiger charge is 2.22. The summed E-state index contributed by atoms with van der Waals surface area (Å²) in [5.74, 6) is 1.85. The normalized spacial score (nSPS) is 25.3. The highest BCUT2D eigenvalue weighted by atomic mass is 79.9. The van der Waals surface area contributed by atoms with Gasteiger partial charge in [0.2, 0.25) is 0 Å². The van der Waals surface area contributed by atoms with Crippen LogP contribution in [0.3, 0.4) is 0 Å². The van der Waals surface area contributed by atoms with E-state index in [1.807, 2.05) is 12.1 Å². The van der Waals surface area contributed by atoms with Gasteiger partial charge in [-0.3, -0.25) is 0 Å². The van der Waals surface area contributed by atoms with Gasteiger partial charge in [0.1, 0.15) is 5.82 Å². The van der Waals surface area contributed by atoms with E-state index in [9.17, 15) is 0 Å². The number of imidazole rings is 1. The second kappa shape index (κ2) is 4.42. The van der Waals surface area contributed by atoms with Gasteiger partial charge in [-0.25, -0.2) is 4.98 Å². The highest BCUT2D eigenvalue weighted by molar-refractivity contribution is 9.10. The van der Waals surface area contributed by atoms with Crippen molar-refractivity contribution < 1.29 is 0 Å². The molecule has 3 nitrogen and oxygen atoms in total. The predicted octanol–water partition coefficient (Wildman–Crippen LogP) is 3.39. The molecule has 17 heavy (non-hydrogen) atoms. The number of nitrogens with zero attached hydrogens (tertiary/aromatic N) is 1. The first-order chi connectivity index (χ1) is 8.22. The summed E-state index contributed by atoms with van der Waals surface area (Å²) >= 11 is 3.48. The first kappa shape index (κ1) is 11.2. The Balaban J connectivity index is 1.94. The van der Waals surface area contributed by atoms with E-state index in [1.165, 1.54) is 12.8 Å². The fraction of sp³-hybridized carbons (Fsp3) is 0.462. The number of aromatic amines is 1. The van der Waals surface area contributed by atoms with Gasteiger partial charge in [0, 0.05) is 4.47 Å². The summed E-state index contributed by atoms with van der Waals surface area (Å²) < 4.78 is 1.09.